The van der Waals surface area contributed by atoms with Crippen LogP contribution in [0.1, 0.15) is 38.7 Å². The van der Waals surface area contributed by atoms with Crippen LogP contribution in [0, 0.1) is 0 Å². The van der Waals surface area contributed by atoms with Gasteiger partial charge in [0.1, 0.15) is 11.5 Å². The molecular weight excluding hydrogens is 388 g/mol. The number of rotatable bonds is 5. The topological polar surface area (TPSA) is 86.8 Å². The van der Waals surface area contributed by atoms with E-state index in [0.717, 1.165) is 60.2 Å². The number of amides is 1. The molecule has 0 aliphatic carbocycles. The minimum Gasteiger partial charge on any atom is -0.368 e. The van der Waals surface area contributed by atoms with Crippen LogP contribution in [-0.4, -0.2) is 49.9 Å². The molecule has 0 aromatic carbocycles. The number of aromatic nitrogens is 4. The van der Waals surface area contributed by atoms with E-state index in [1.54, 1.807) is 13.1 Å². The van der Waals surface area contributed by atoms with Crippen LogP contribution < -0.4 is 5.32 Å². The van der Waals surface area contributed by atoms with Crippen molar-refractivity contribution < 1.29 is 4.79 Å². The molecule has 4 heterocycles. The first kappa shape index (κ1) is 19.6. The van der Waals surface area contributed by atoms with Gasteiger partial charge in [-0.25, -0.2) is 15.0 Å². The van der Waals surface area contributed by atoms with Crippen molar-refractivity contribution in [3.63, 3.8) is 0 Å². The van der Waals surface area contributed by atoms with Crippen LogP contribution in [-0.2, 0) is 11.2 Å². The Hall–Kier alpha value is -2.67. The average molecular weight is 413 g/mol. The van der Waals surface area contributed by atoms with Gasteiger partial charge in [0.25, 0.3) is 0 Å². The quantitative estimate of drug-likeness (QED) is 0.660. The first-order valence-corrected chi connectivity index (χ1v) is 10.4. The molecule has 3 aromatic heterocycles. The first-order chi connectivity index (χ1) is 14.1. The van der Waals surface area contributed by atoms with Crippen LogP contribution in [0.4, 0.5) is 5.82 Å². The number of piperidine rings is 1. The molecule has 1 atom stereocenters. The molecule has 4 rings (SSSR count). The van der Waals surface area contributed by atoms with Gasteiger partial charge in [0.05, 0.1) is 5.02 Å². The van der Waals surface area contributed by atoms with Crippen molar-refractivity contribution >= 4 is 34.4 Å². The maximum atomic E-state index is 12.0. The van der Waals surface area contributed by atoms with E-state index < -0.39 is 0 Å². The summed E-state index contributed by atoms with van der Waals surface area (Å²) in [5.41, 5.74) is 2.67. The number of fused-ring (bicyclic) bond motifs is 1. The van der Waals surface area contributed by atoms with Gasteiger partial charge in [-0.1, -0.05) is 18.5 Å². The van der Waals surface area contributed by atoms with Crippen LogP contribution in [0.5, 0.6) is 0 Å². The molecule has 29 heavy (non-hydrogen) atoms. The van der Waals surface area contributed by atoms with Crippen molar-refractivity contribution in [3.05, 3.63) is 35.2 Å². The lowest BCUT2D eigenvalue weighted by Gasteiger charge is -2.35. The lowest BCUT2D eigenvalue weighted by atomic mass is 10.0. The number of carbonyl (C=O) groups is 1. The summed E-state index contributed by atoms with van der Waals surface area (Å²) >= 11 is 6.13. The number of halogens is 1. The van der Waals surface area contributed by atoms with Gasteiger partial charge < -0.3 is 15.2 Å². The number of hydrogen-bond acceptors (Lipinski definition) is 5. The summed E-state index contributed by atoms with van der Waals surface area (Å²) in [4.78, 5) is 30.8. The van der Waals surface area contributed by atoms with E-state index in [2.05, 4.69) is 27.2 Å². The number of H-pyrrole nitrogens is 1. The molecule has 1 fully saturated rings. The van der Waals surface area contributed by atoms with Gasteiger partial charge in [-0.15, -0.1) is 0 Å². The maximum Gasteiger partial charge on any atom is 0.219 e. The standard InChI is InChI=1S/C21H25ClN6O/c1-3-14-9-23-21(18-12-26-20-17(18)8-15(22)10-24-20)27-19(14)25-11-16-6-4-5-7-28(16)13(2)29/h8-10,12,16H,3-7,11H2,1-2H3,(H,24,26)(H,23,25,27)/t16-/m0/s1. The number of pyridine rings is 1. The highest BCUT2D eigenvalue weighted by atomic mass is 35.5. The van der Waals surface area contributed by atoms with E-state index >= 15 is 0 Å². The fourth-order valence-electron chi connectivity index (χ4n) is 3.95. The third-order valence-corrected chi connectivity index (χ3v) is 5.73. The van der Waals surface area contributed by atoms with Gasteiger partial charge in [0.15, 0.2) is 5.82 Å². The Morgan fingerprint density at radius 3 is 3.00 bits per heavy atom. The highest BCUT2D eigenvalue weighted by Gasteiger charge is 2.24. The van der Waals surface area contributed by atoms with E-state index in [4.69, 9.17) is 16.6 Å². The molecule has 7 nitrogen and oxygen atoms in total. The Bertz CT molecular complexity index is 1030. The molecule has 3 aromatic rings. The van der Waals surface area contributed by atoms with Crippen LogP contribution in [0.25, 0.3) is 22.4 Å². The largest absolute Gasteiger partial charge is 0.368 e. The number of likely N-dealkylation sites (tertiary alicyclic amines) is 1. The second kappa shape index (κ2) is 8.37. The van der Waals surface area contributed by atoms with Crippen molar-refractivity contribution in [2.75, 3.05) is 18.4 Å². The Morgan fingerprint density at radius 1 is 1.34 bits per heavy atom. The highest BCUT2D eigenvalue weighted by molar-refractivity contribution is 6.31. The van der Waals surface area contributed by atoms with Crippen LogP contribution in [0.15, 0.2) is 24.7 Å². The summed E-state index contributed by atoms with van der Waals surface area (Å²) in [6, 6.07) is 2.06. The third kappa shape index (κ3) is 4.05. The number of aryl methyl sites for hydroxylation is 1. The van der Waals surface area contributed by atoms with E-state index in [9.17, 15) is 4.79 Å². The zero-order valence-corrected chi connectivity index (χ0v) is 17.5. The van der Waals surface area contributed by atoms with Gasteiger partial charge in [0.2, 0.25) is 5.91 Å². The minimum atomic E-state index is 0.138. The summed E-state index contributed by atoms with van der Waals surface area (Å²) < 4.78 is 0. The van der Waals surface area contributed by atoms with E-state index in [-0.39, 0.29) is 11.9 Å². The van der Waals surface area contributed by atoms with Gasteiger partial charge in [-0.05, 0) is 31.7 Å². The minimum absolute atomic E-state index is 0.138. The van der Waals surface area contributed by atoms with Crippen molar-refractivity contribution in [2.24, 2.45) is 0 Å². The lowest BCUT2D eigenvalue weighted by Crippen LogP contribution is -2.46. The molecule has 0 radical (unpaired) electrons. The molecule has 1 aliphatic heterocycles. The molecule has 1 aliphatic rings. The van der Waals surface area contributed by atoms with Crippen LogP contribution >= 0.6 is 11.6 Å². The molecule has 8 heteroatoms. The second-order valence-electron chi connectivity index (χ2n) is 7.42. The van der Waals surface area contributed by atoms with Crippen molar-refractivity contribution in [3.8, 4) is 11.4 Å². The van der Waals surface area contributed by atoms with Crippen LogP contribution in [0.2, 0.25) is 5.02 Å². The zero-order valence-electron chi connectivity index (χ0n) is 16.7. The molecule has 2 N–H and O–H groups in total. The molecule has 1 saturated heterocycles. The predicted molar refractivity (Wildman–Crippen MR) is 115 cm³/mol. The SMILES string of the molecule is CCc1cnc(-c2c[nH]c3ncc(Cl)cc23)nc1NC[C@@H]1CCCCN1C(C)=O. The van der Waals surface area contributed by atoms with Crippen molar-refractivity contribution in [1.29, 1.82) is 0 Å². The molecule has 0 saturated carbocycles. The molecule has 0 spiro atoms. The first-order valence-electron chi connectivity index (χ1n) is 10.1. The second-order valence-corrected chi connectivity index (χ2v) is 7.85. The Kier molecular flexibility index (Phi) is 5.67. The Balaban J connectivity index is 1.61. The van der Waals surface area contributed by atoms with Gasteiger partial charge in [-0.2, -0.15) is 0 Å². The van der Waals surface area contributed by atoms with Crippen molar-refractivity contribution in [2.45, 2.75) is 45.6 Å². The van der Waals surface area contributed by atoms with Gasteiger partial charge in [0, 0.05) is 61.2 Å². The highest BCUT2D eigenvalue weighted by Crippen LogP contribution is 2.28. The summed E-state index contributed by atoms with van der Waals surface area (Å²) in [7, 11) is 0. The number of nitrogens with zero attached hydrogens (tertiary/aromatic N) is 4. The smallest absolute Gasteiger partial charge is 0.219 e. The monoisotopic (exact) mass is 412 g/mol. The maximum absolute atomic E-state index is 12.0. The number of aromatic amines is 1. The summed E-state index contributed by atoms with van der Waals surface area (Å²) in [6.07, 6.45) is 9.40. The summed E-state index contributed by atoms with van der Waals surface area (Å²) in [5, 5.41) is 4.95. The number of anilines is 1. The normalized spacial score (nSPS) is 16.9. The fourth-order valence-corrected chi connectivity index (χ4v) is 4.11. The van der Waals surface area contributed by atoms with E-state index in [0.29, 0.717) is 17.4 Å². The van der Waals surface area contributed by atoms with E-state index in [1.165, 1.54) is 0 Å². The Labute approximate surface area is 174 Å². The lowest BCUT2D eigenvalue weighted by molar-refractivity contribution is -0.132. The Morgan fingerprint density at radius 2 is 2.21 bits per heavy atom. The molecule has 152 valence electrons. The van der Waals surface area contributed by atoms with Gasteiger partial charge >= 0.3 is 0 Å². The van der Waals surface area contributed by atoms with Crippen LogP contribution in [0.3, 0.4) is 0 Å². The number of carbonyl (C=O) groups excluding carboxylic acids is 1. The summed E-state index contributed by atoms with van der Waals surface area (Å²) in [5.74, 6) is 1.57. The molecule has 1 amide bonds. The average Bonchev–Trinajstić information content (AvgIpc) is 3.15. The van der Waals surface area contributed by atoms with Gasteiger partial charge in [-0.3, -0.25) is 4.79 Å². The fraction of sp³-hybridized carbons (Fsp3) is 0.429. The summed E-state index contributed by atoms with van der Waals surface area (Å²) in [6.45, 7) is 5.25. The zero-order chi connectivity index (χ0) is 20.4. The number of nitrogens with one attached hydrogen (secondary N) is 2. The molecule has 0 bridgehead atoms. The molecular formula is C21H25ClN6O. The predicted octanol–water partition coefficient (Wildman–Crippen LogP) is 4.05. The molecule has 0 unspecified atom stereocenters. The number of hydrogen-bond donors (Lipinski definition) is 2. The van der Waals surface area contributed by atoms with Crippen molar-refractivity contribution in [1.82, 2.24) is 24.8 Å². The third-order valence-electron chi connectivity index (χ3n) is 5.52. The van der Waals surface area contributed by atoms with E-state index in [1.807, 2.05) is 23.4 Å².